The number of nitrogens with zero attached hydrogens (tertiary/aromatic N) is 1. The number of rotatable bonds is 5. The molecule has 1 aliphatic heterocycles. The monoisotopic (exact) mass is 293 g/mol. The van der Waals surface area contributed by atoms with Crippen molar-refractivity contribution < 1.29 is 19.4 Å². The molecule has 5 nitrogen and oxygen atoms in total. The Labute approximate surface area is 125 Å². The Morgan fingerprint density at radius 2 is 1.86 bits per heavy atom. The summed E-state index contributed by atoms with van der Waals surface area (Å²) in [5, 5.41) is 9.88. The first-order valence-corrected chi connectivity index (χ1v) is 7.25. The number of carboxylic acids is 1. The van der Waals surface area contributed by atoms with Crippen LogP contribution in [0.1, 0.15) is 31.7 Å². The Hall–Kier alpha value is -1.75. The molecule has 1 atom stereocenters. The highest BCUT2D eigenvalue weighted by atomic mass is 16.5. The maximum atomic E-state index is 12.1. The van der Waals surface area contributed by atoms with Gasteiger partial charge in [-0.3, -0.25) is 4.90 Å². The SMILES string of the molecule is COc1ccc(OC)c(C(C)(C(=O)O)N2CCCCC2)c1. The molecule has 1 aromatic rings. The normalized spacial score (nSPS) is 18.8. The van der Waals surface area contributed by atoms with Crippen LogP contribution in [0.5, 0.6) is 11.5 Å². The van der Waals surface area contributed by atoms with Crippen molar-refractivity contribution in [3.63, 3.8) is 0 Å². The third-order valence-corrected chi connectivity index (χ3v) is 4.34. The molecule has 1 fully saturated rings. The molecule has 0 spiro atoms. The highest BCUT2D eigenvalue weighted by molar-refractivity contribution is 5.81. The van der Waals surface area contributed by atoms with Gasteiger partial charge >= 0.3 is 5.97 Å². The number of aliphatic carboxylic acids is 1. The fraction of sp³-hybridized carbons (Fsp3) is 0.562. The zero-order chi connectivity index (χ0) is 15.5. The summed E-state index contributed by atoms with van der Waals surface area (Å²) in [5.74, 6) is 0.345. The van der Waals surface area contributed by atoms with E-state index in [0.717, 1.165) is 32.4 Å². The van der Waals surface area contributed by atoms with Crippen LogP contribution in [0.15, 0.2) is 18.2 Å². The molecule has 21 heavy (non-hydrogen) atoms. The van der Waals surface area contributed by atoms with Gasteiger partial charge in [0, 0.05) is 5.56 Å². The van der Waals surface area contributed by atoms with Gasteiger partial charge < -0.3 is 14.6 Å². The first kappa shape index (κ1) is 15.6. The van der Waals surface area contributed by atoms with E-state index in [0.29, 0.717) is 17.1 Å². The number of ether oxygens (including phenoxy) is 2. The van der Waals surface area contributed by atoms with Gasteiger partial charge in [-0.25, -0.2) is 4.79 Å². The predicted molar refractivity (Wildman–Crippen MR) is 80.0 cm³/mol. The van der Waals surface area contributed by atoms with Gasteiger partial charge in [-0.05, 0) is 51.1 Å². The summed E-state index contributed by atoms with van der Waals surface area (Å²) in [4.78, 5) is 14.1. The molecule has 0 amide bonds. The van der Waals surface area contributed by atoms with E-state index in [4.69, 9.17) is 9.47 Å². The van der Waals surface area contributed by atoms with Crippen LogP contribution in [0.25, 0.3) is 0 Å². The zero-order valence-corrected chi connectivity index (χ0v) is 12.9. The summed E-state index contributed by atoms with van der Waals surface area (Å²) in [5.41, 5.74) is -0.473. The minimum absolute atomic E-state index is 0.575. The summed E-state index contributed by atoms with van der Waals surface area (Å²) in [7, 11) is 3.13. The molecule has 1 heterocycles. The lowest BCUT2D eigenvalue weighted by molar-refractivity contribution is -0.152. The van der Waals surface area contributed by atoms with Gasteiger partial charge in [-0.15, -0.1) is 0 Å². The number of carbonyl (C=O) groups is 1. The van der Waals surface area contributed by atoms with Crippen molar-refractivity contribution >= 4 is 5.97 Å². The van der Waals surface area contributed by atoms with Crippen molar-refractivity contribution in [2.24, 2.45) is 0 Å². The fourth-order valence-corrected chi connectivity index (χ4v) is 2.96. The molecule has 0 saturated carbocycles. The van der Waals surface area contributed by atoms with Crippen molar-refractivity contribution in [3.05, 3.63) is 23.8 Å². The summed E-state index contributed by atoms with van der Waals surface area (Å²) >= 11 is 0. The van der Waals surface area contributed by atoms with Gasteiger partial charge in [0.15, 0.2) is 0 Å². The molecular weight excluding hydrogens is 270 g/mol. The van der Waals surface area contributed by atoms with Crippen LogP contribution in [0, 0.1) is 0 Å². The highest BCUT2D eigenvalue weighted by Crippen LogP contribution is 2.38. The second-order valence-electron chi connectivity index (χ2n) is 5.49. The van der Waals surface area contributed by atoms with E-state index >= 15 is 0 Å². The Balaban J connectivity index is 2.52. The minimum atomic E-state index is -1.11. The average Bonchev–Trinajstić information content (AvgIpc) is 2.54. The third kappa shape index (κ3) is 2.83. The van der Waals surface area contributed by atoms with E-state index < -0.39 is 11.5 Å². The lowest BCUT2D eigenvalue weighted by atomic mass is 9.87. The van der Waals surface area contributed by atoms with Crippen LogP contribution in [0.3, 0.4) is 0 Å². The number of methoxy groups -OCH3 is 2. The molecule has 1 N–H and O–H groups in total. The minimum Gasteiger partial charge on any atom is -0.497 e. The second-order valence-corrected chi connectivity index (χ2v) is 5.49. The Morgan fingerprint density at radius 3 is 2.38 bits per heavy atom. The van der Waals surface area contributed by atoms with Crippen LogP contribution < -0.4 is 9.47 Å². The summed E-state index contributed by atoms with van der Waals surface area (Å²) in [6, 6.07) is 5.31. The van der Waals surface area contributed by atoms with E-state index in [1.807, 2.05) is 4.90 Å². The molecule has 116 valence electrons. The van der Waals surface area contributed by atoms with Crippen LogP contribution in [-0.4, -0.2) is 43.3 Å². The van der Waals surface area contributed by atoms with Crippen LogP contribution >= 0.6 is 0 Å². The smallest absolute Gasteiger partial charge is 0.328 e. The molecule has 1 aromatic carbocycles. The number of piperidine rings is 1. The molecular formula is C16H23NO4. The molecule has 5 heteroatoms. The van der Waals surface area contributed by atoms with Gasteiger partial charge in [-0.2, -0.15) is 0 Å². The molecule has 0 aromatic heterocycles. The fourth-order valence-electron chi connectivity index (χ4n) is 2.96. The Kier molecular flexibility index (Phi) is 4.73. The first-order valence-electron chi connectivity index (χ1n) is 7.25. The molecule has 0 radical (unpaired) electrons. The first-order chi connectivity index (χ1) is 10.0. The molecule has 2 rings (SSSR count). The van der Waals surface area contributed by atoms with Crippen molar-refractivity contribution in [3.8, 4) is 11.5 Å². The van der Waals surface area contributed by atoms with Crippen molar-refractivity contribution in [2.75, 3.05) is 27.3 Å². The Morgan fingerprint density at radius 1 is 1.19 bits per heavy atom. The maximum absolute atomic E-state index is 12.1. The third-order valence-electron chi connectivity index (χ3n) is 4.34. The van der Waals surface area contributed by atoms with Gasteiger partial charge in [0.25, 0.3) is 0 Å². The maximum Gasteiger partial charge on any atom is 0.328 e. The molecule has 0 bridgehead atoms. The van der Waals surface area contributed by atoms with Gasteiger partial charge in [-0.1, -0.05) is 6.42 Å². The topological polar surface area (TPSA) is 59.0 Å². The largest absolute Gasteiger partial charge is 0.497 e. The van der Waals surface area contributed by atoms with E-state index in [2.05, 4.69) is 0 Å². The molecule has 1 unspecified atom stereocenters. The van der Waals surface area contributed by atoms with E-state index in [1.54, 1.807) is 39.3 Å². The summed E-state index contributed by atoms with van der Waals surface area (Å²) < 4.78 is 10.6. The standard InChI is InChI=1S/C16H23NO4/c1-16(15(18)19,17-9-5-4-6-10-17)13-11-12(20-2)7-8-14(13)21-3/h7-8,11H,4-6,9-10H2,1-3H3,(H,18,19). The number of likely N-dealkylation sites (tertiary alicyclic amines) is 1. The highest BCUT2D eigenvalue weighted by Gasteiger charge is 2.44. The second kappa shape index (κ2) is 6.35. The average molecular weight is 293 g/mol. The van der Waals surface area contributed by atoms with E-state index in [-0.39, 0.29) is 0 Å². The number of hydrogen-bond donors (Lipinski definition) is 1. The number of carboxylic acid groups (broad SMARTS) is 1. The van der Waals surface area contributed by atoms with Crippen molar-refractivity contribution in [1.82, 2.24) is 4.90 Å². The van der Waals surface area contributed by atoms with E-state index in [1.165, 1.54) is 0 Å². The van der Waals surface area contributed by atoms with Gasteiger partial charge in [0.1, 0.15) is 17.0 Å². The Bertz CT molecular complexity index is 511. The molecule has 0 aliphatic carbocycles. The number of benzene rings is 1. The lowest BCUT2D eigenvalue weighted by Crippen LogP contribution is -2.52. The summed E-state index contributed by atoms with van der Waals surface area (Å²) in [6.45, 7) is 3.31. The predicted octanol–water partition coefficient (Wildman–Crippen LogP) is 2.49. The van der Waals surface area contributed by atoms with Gasteiger partial charge in [0.05, 0.1) is 14.2 Å². The van der Waals surface area contributed by atoms with E-state index in [9.17, 15) is 9.90 Å². The quantitative estimate of drug-likeness (QED) is 0.904. The van der Waals surface area contributed by atoms with Crippen LogP contribution in [-0.2, 0) is 10.3 Å². The van der Waals surface area contributed by atoms with Crippen molar-refractivity contribution in [2.45, 2.75) is 31.7 Å². The van der Waals surface area contributed by atoms with Crippen LogP contribution in [0.4, 0.5) is 0 Å². The summed E-state index contributed by atoms with van der Waals surface area (Å²) in [6.07, 6.45) is 3.20. The van der Waals surface area contributed by atoms with Gasteiger partial charge in [0.2, 0.25) is 0 Å². The zero-order valence-electron chi connectivity index (χ0n) is 12.9. The number of hydrogen-bond acceptors (Lipinski definition) is 4. The molecule has 1 saturated heterocycles. The van der Waals surface area contributed by atoms with Crippen molar-refractivity contribution in [1.29, 1.82) is 0 Å². The molecule has 1 aliphatic rings. The van der Waals surface area contributed by atoms with Crippen LogP contribution in [0.2, 0.25) is 0 Å². The lowest BCUT2D eigenvalue weighted by Gasteiger charge is -2.41.